The number of hydrogen-bond acceptors (Lipinski definition) is 4. The molecule has 1 aromatic heterocycles. The Balaban J connectivity index is 2.62. The van der Waals surface area contributed by atoms with Crippen LogP contribution in [0.4, 0.5) is 0 Å². The number of hydrogen-bond donors (Lipinski definition) is 1. The second-order valence-electron chi connectivity index (χ2n) is 3.57. The maximum absolute atomic E-state index is 11.6. The third-order valence-corrected chi connectivity index (χ3v) is 3.64. The third-order valence-electron chi connectivity index (χ3n) is 2.50. The average Bonchev–Trinajstić information content (AvgIpc) is 2.41. The van der Waals surface area contributed by atoms with Gasteiger partial charge >= 0.3 is 0 Å². The normalized spacial score (nSPS) is 10.3. The number of methoxy groups -OCH3 is 2. The zero-order chi connectivity index (χ0) is 14.0. The summed E-state index contributed by atoms with van der Waals surface area (Å²) < 4.78 is 10.9. The van der Waals surface area contributed by atoms with Crippen molar-refractivity contribution in [2.24, 2.45) is 0 Å². The van der Waals surface area contributed by atoms with Gasteiger partial charge in [-0.2, -0.15) is 0 Å². The van der Waals surface area contributed by atoms with Crippen molar-refractivity contribution >= 4 is 34.2 Å². The molecule has 0 aliphatic rings. The molecule has 0 fully saturated rings. The molecule has 100 valence electrons. The highest BCUT2D eigenvalue weighted by Crippen LogP contribution is 2.40. The Hall–Kier alpha value is -1.28. The number of nitrogens with zero attached hydrogens (tertiary/aromatic N) is 1. The highest BCUT2D eigenvalue weighted by molar-refractivity contribution is 14.1. The van der Waals surface area contributed by atoms with E-state index in [2.05, 4.69) is 9.97 Å². The van der Waals surface area contributed by atoms with E-state index in [4.69, 9.17) is 21.1 Å². The number of rotatable bonds is 3. The molecule has 2 rings (SSSR count). The quantitative estimate of drug-likeness (QED) is 0.816. The molecule has 0 bridgehead atoms. The summed E-state index contributed by atoms with van der Waals surface area (Å²) in [6.45, 7) is 0. The first-order chi connectivity index (χ1) is 9.08. The minimum atomic E-state index is -0.212. The molecule has 1 heterocycles. The summed E-state index contributed by atoms with van der Waals surface area (Å²) >= 11 is 8.16. The van der Waals surface area contributed by atoms with E-state index in [9.17, 15) is 4.79 Å². The van der Waals surface area contributed by atoms with Gasteiger partial charge in [0.15, 0.2) is 11.5 Å². The Morgan fingerprint density at radius 1 is 1.32 bits per heavy atom. The van der Waals surface area contributed by atoms with Gasteiger partial charge in [-0.05, 0) is 34.7 Å². The number of aromatic amines is 1. The lowest BCUT2D eigenvalue weighted by atomic mass is 10.2. The summed E-state index contributed by atoms with van der Waals surface area (Å²) in [5, 5.41) is 0.339. The fourth-order valence-electron chi connectivity index (χ4n) is 1.59. The molecule has 1 N–H and O–H groups in total. The van der Waals surface area contributed by atoms with Crippen molar-refractivity contribution in [3.8, 4) is 22.9 Å². The number of benzene rings is 1. The topological polar surface area (TPSA) is 64.2 Å². The number of aromatic nitrogens is 2. The Morgan fingerprint density at radius 3 is 2.63 bits per heavy atom. The fourth-order valence-corrected chi connectivity index (χ4v) is 2.19. The van der Waals surface area contributed by atoms with Crippen LogP contribution in [0, 0.1) is 3.57 Å². The molecule has 0 amide bonds. The van der Waals surface area contributed by atoms with Crippen molar-refractivity contribution in [1.82, 2.24) is 9.97 Å². The van der Waals surface area contributed by atoms with Gasteiger partial charge in [-0.15, -0.1) is 0 Å². The van der Waals surface area contributed by atoms with Crippen molar-refractivity contribution in [2.45, 2.75) is 0 Å². The standard InChI is InChI=1S/C12H10ClIN2O3/c1-18-8-4-3-6(9(13)10(8)19-2)11-15-5-7(14)12(17)16-11/h3-5H,1-2H3,(H,15,16,17). The largest absolute Gasteiger partial charge is 0.493 e. The van der Waals surface area contributed by atoms with Crippen LogP contribution in [-0.2, 0) is 0 Å². The Bertz CT molecular complexity index is 673. The van der Waals surface area contributed by atoms with E-state index in [0.29, 0.717) is 31.5 Å². The molecule has 0 radical (unpaired) electrons. The number of halogens is 2. The molecule has 0 unspecified atom stereocenters. The molecule has 5 nitrogen and oxygen atoms in total. The van der Waals surface area contributed by atoms with Crippen LogP contribution in [0.1, 0.15) is 0 Å². The fraction of sp³-hybridized carbons (Fsp3) is 0.167. The second-order valence-corrected chi connectivity index (χ2v) is 5.11. The van der Waals surface area contributed by atoms with E-state index in [1.54, 1.807) is 12.1 Å². The Labute approximate surface area is 128 Å². The Kier molecular flexibility index (Phi) is 4.31. The van der Waals surface area contributed by atoms with E-state index in [0.717, 1.165) is 0 Å². The summed E-state index contributed by atoms with van der Waals surface area (Å²) in [4.78, 5) is 18.4. The molecular formula is C12H10ClIN2O3. The van der Waals surface area contributed by atoms with Crippen LogP contribution in [-0.4, -0.2) is 24.2 Å². The van der Waals surface area contributed by atoms with Crippen molar-refractivity contribution in [1.29, 1.82) is 0 Å². The van der Waals surface area contributed by atoms with E-state index in [-0.39, 0.29) is 5.56 Å². The van der Waals surface area contributed by atoms with Gasteiger partial charge < -0.3 is 14.5 Å². The van der Waals surface area contributed by atoms with E-state index < -0.39 is 0 Å². The highest BCUT2D eigenvalue weighted by atomic mass is 127. The predicted molar refractivity (Wildman–Crippen MR) is 81.1 cm³/mol. The third kappa shape index (κ3) is 2.69. The summed E-state index contributed by atoms with van der Waals surface area (Å²) in [5.41, 5.74) is 0.365. The monoisotopic (exact) mass is 392 g/mol. The molecular weight excluding hydrogens is 383 g/mol. The van der Waals surface area contributed by atoms with Crippen molar-refractivity contribution in [2.75, 3.05) is 14.2 Å². The lowest BCUT2D eigenvalue weighted by molar-refractivity contribution is 0.355. The minimum Gasteiger partial charge on any atom is -0.493 e. The van der Waals surface area contributed by atoms with E-state index >= 15 is 0 Å². The number of nitrogens with one attached hydrogen (secondary N) is 1. The van der Waals surface area contributed by atoms with E-state index in [1.807, 2.05) is 22.6 Å². The SMILES string of the molecule is COc1ccc(-c2ncc(I)c(=O)[nH]2)c(Cl)c1OC. The zero-order valence-electron chi connectivity index (χ0n) is 10.2. The molecule has 2 aromatic rings. The summed E-state index contributed by atoms with van der Waals surface area (Å²) in [6, 6.07) is 3.42. The number of ether oxygens (including phenoxy) is 2. The van der Waals surface area contributed by atoms with E-state index in [1.165, 1.54) is 20.4 Å². The van der Waals surface area contributed by atoms with Crippen LogP contribution < -0.4 is 15.0 Å². The van der Waals surface area contributed by atoms with Crippen LogP contribution in [0.15, 0.2) is 23.1 Å². The van der Waals surface area contributed by atoms with Gasteiger partial charge in [0.25, 0.3) is 5.56 Å². The van der Waals surface area contributed by atoms with Gasteiger partial charge in [0.05, 0.1) is 22.8 Å². The summed E-state index contributed by atoms with van der Waals surface area (Å²) in [7, 11) is 3.02. The van der Waals surface area contributed by atoms with Gasteiger partial charge in [0.1, 0.15) is 5.82 Å². The molecule has 0 aliphatic heterocycles. The first-order valence-electron chi connectivity index (χ1n) is 5.24. The first kappa shape index (κ1) is 14.1. The second kappa shape index (κ2) is 5.79. The smallest absolute Gasteiger partial charge is 0.264 e. The van der Waals surface area contributed by atoms with Gasteiger partial charge in [0, 0.05) is 11.8 Å². The maximum atomic E-state index is 11.6. The first-order valence-corrected chi connectivity index (χ1v) is 6.69. The average molecular weight is 393 g/mol. The summed E-state index contributed by atoms with van der Waals surface area (Å²) in [6.07, 6.45) is 1.49. The van der Waals surface area contributed by atoms with Crippen LogP contribution in [0.3, 0.4) is 0 Å². The predicted octanol–water partition coefficient (Wildman–Crippen LogP) is 2.71. The van der Waals surface area contributed by atoms with Crippen LogP contribution >= 0.6 is 34.2 Å². The molecule has 0 aliphatic carbocycles. The molecule has 1 aromatic carbocycles. The van der Waals surface area contributed by atoms with Crippen molar-refractivity contribution in [3.05, 3.63) is 37.3 Å². The van der Waals surface area contributed by atoms with Gasteiger partial charge in [0.2, 0.25) is 0 Å². The Morgan fingerprint density at radius 2 is 2.05 bits per heavy atom. The number of H-pyrrole nitrogens is 1. The van der Waals surface area contributed by atoms with Crippen LogP contribution in [0.2, 0.25) is 5.02 Å². The zero-order valence-corrected chi connectivity index (χ0v) is 13.1. The van der Waals surface area contributed by atoms with Crippen molar-refractivity contribution in [3.63, 3.8) is 0 Å². The molecule has 0 spiro atoms. The van der Waals surface area contributed by atoms with Crippen LogP contribution in [0.25, 0.3) is 11.4 Å². The molecule has 0 atom stereocenters. The molecule has 0 saturated heterocycles. The molecule has 19 heavy (non-hydrogen) atoms. The lowest BCUT2D eigenvalue weighted by Gasteiger charge is -2.12. The minimum absolute atomic E-state index is 0.212. The highest BCUT2D eigenvalue weighted by Gasteiger charge is 2.16. The maximum Gasteiger partial charge on any atom is 0.264 e. The lowest BCUT2D eigenvalue weighted by Crippen LogP contribution is -2.11. The molecule has 7 heteroatoms. The van der Waals surface area contributed by atoms with Crippen molar-refractivity contribution < 1.29 is 9.47 Å². The summed E-state index contributed by atoms with van der Waals surface area (Å²) in [5.74, 6) is 1.31. The van der Waals surface area contributed by atoms with Gasteiger partial charge in [-0.3, -0.25) is 4.79 Å². The van der Waals surface area contributed by atoms with Crippen LogP contribution in [0.5, 0.6) is 11.5 Å². The van der Waals surface area contributed by atoms with Gasteiger partial charge in [-0.25, -0.2) is 4.98 Å². The van der Waals surface area contributed by atoms with Gasteiger partial charge in [-0.1, -0.05) is 11.6 Å². The molecule has 0 saturated carbocycles.